The van der Waals surface area contributed by atoms with Gasteiger partial charge < -0.3 is 14.7 Å². The summed E-state index contributed by atoms with van der Waals surface area (Å²) in [5.74, 6) is -1.21. The third-order valence-corrected chi connectivity index (χ3v) is 11.1. The van der Waals surface area contributed by atoms with Gasteiger partial charge in [0, 0.05) is 48.1 Å². The lowest BCUT2D eigenvalue weighted by Gasteiger charge is -2.47. The van der Waals surface area contributed by atoms with E-state index in [2.05, 4.69) is 10.00 Å². The molecule has 0 unspecified atom stereocenters. The van der Waals surface area contributed by atoms with E-state index in [0.29, 0.717) is 86.6 Å². The molecule has 3 aromatic heterocycles. The van der Waals surface area contributed by atoms with E-state index in [-0.39, 0.29) is 11.8 Å². The Morgan fingerprint density at radius 3 is 2.33 bits per heavy atom. The number of piperidine rings is 1. The highest BCUT2D eigenvalue weighted by Crippen LogP contribution is 2.45. The molecule has 0 aliphatic carbocycles. The number of benzene rings is 2. The Labute approximate surface area is 303 Å². The minimum atomic E-state index is -2.82. The third kappa shape index (κ3) is 6.84. The summed E-state index contributed by atoms with van der Waals surface area (Å²) in [4.78, 5) is 38.4. The normalized spacial score (nSPS) is 17.1. The van der Waals surface area contributed by atoms with Gasteiger partial charge in [-0.1, -0.05) is 23.7 Å². The topological polar surface area (TPSA) is 114 Å². The molecule has 2 aromatic carbocycles. The Kier molecular flexibility index (Phi) is 9.36. The Morgan fingerprint density at radius 1 is 1.04 bits per heavy atom. The number of hydrogen-bond donors (Lipinski definition) is 1. The number of carbonyl (C=O) groups is 2. The van der Waals surface area contributed by atoms with Gasteiger partial charge in [0.25, 0.3) is 0 Å². The van der Waals surface area contributed by atoms with E-state index < -0.39 is 24.2 Å². The number of aliphatic carboxylic acids is 1. The highest BCUT2D eigenvalue weighted by atomic mass is 35.5. The number of nitrogens with zero attached hydrogens (tertiary/aromatic N) is 6. The molecule has 2 aliphatic heterocycles. The van der Waals surface area contributed by atoms with Crippen molar-refractivity contribution in [2.75, 3.05) is 26.2 Å². The Morgan fingerprint density at radius 2 is 1.73 bits per heavy atom. The van der Waals surface area contributed by atoms with Crippen molar-refractivity contribution in [2.45, 2.75) is 77.7 Å². The van der Waals surface area contributed by atoms with E-state index in [0.717, 1.165) is 28.0 Å². The van der Waals surface area contributed by atoms with Crippen molar-refractivity contribution in [3.05, 3.63) is 64.3 Å². The maximum Gasteiger partial charge on any atom is 0.337 e. The molecule has 1 atom stereocenters. The first-order chi connectivity index (χ1) is 24.2. The molecule has 5 aromatic rings. The number of thiazole rings is 1. The number of carboxylic acid groups (broad SMARTS) is 1. The molecule has 0 bridgehead atoms. The number of alkyl halides is 2. The molecule has 2 fully saturated rings. The molecule has 1 amide bonds. The van der Waals surface area contributed by atoms with Crippen LogP contribution in [0.25, 0.3) is 43.1 Å². The van der Waals surface area contributed by atoms with E-state index in [1.165, 1.54) is 11.3 Å². The van der Waals surface area contributed by atoms with E-state index >= 15 is 0 Å². The van der Waals surface area contributed by atoms with E-state index in [9.17, 15) is 23.5 Å². The highest BCUT2D eigenvalue weighted by molar-refractivity contribution is 7.22. The lowest BCUT2D eigenvalue weighted by Crippen LogP contribution is -2.61. The number of pyridine rings is 1. The van der Waals surface area contributed by atoms with Gasteiger partial charge in [0.1, 0.15) is 16.0 Å². The number of carbonyl (C=O) groups excluding carboxylic acids is 1. The minimum Gasteiger partial charge on any atom is -0.479 e. The van der Waals surface area contributed by atoms with Gasteiger partial charge in [-0.3, -0.25) is 9.69 Å². The summed E-state index contributed by atoms with van der Waals surface area (Å²) in [7, 11) is 0. The molecule has 14 heteroatoms. The van der Waals surface area contributed by atoms with Crippen LogP contribution >= 0.6 is 22.9 Å². The Balaban J connectivity index is 1.30. The first kappa shape index (κ1) is 35.4. The number of carboxylic acids is 1. The van der Waals surface area contributed by atoms with Gasteiger partial charge >= 0.3 is 12.5 Å². The summed E-state index contributed by atoms with van der Waals surface area (Å²) >= 11 is 7.61. The summed E-state index contributed by atoms with van der Waals surface area (Å²) in [6.07, 6.45) is 0.0855. The van der Waals surface area contributed by atoms with Crippen molar-refractivity contribution in [3.8, 4) is 21.8 Å². The first-order valence-electron chi connectivity index (χ1n) is 17.0. The molecule has 7 rings (SSSR count). The van der Waals surface area contributed by atoms with E-state index in [4.69, 9.17) is 26.3 Å². The number of amides is 1. The van der Waals surface area contributed by atoms with Crippen LogP contribution in [-0.2, 0) is 14.3 Å². The van der Waals surface area contributed by atoms with Gasteiger partial charge in [-0.25, -0.2) is 19.4 Å². The largest absolute Gasteiger partial charge is 0.479 e. The molecule has 51 heavy (non-hydrogen) atoms. The zero-order valence-electron chi connectivity index (χ0n) is 29.0. The number of ether oxygens (including phenoxy) is 1. The van der Waals surface area contributed by atoms with Crippen LogP contribution in [0.4, 0.5) is 8.78 Å². The van der Waals surface area contributed by atoms with Crippen molar-refractivity contribution in [1.29, 1.82) is 0 Å². The fraction of sp³-hybridized carbons (Fsp3) is 0.432. The molecule has 10 nitrogen and oxygen atoms in total. The number of likely N-dealkylation sites (tertiary alicyclic amines) is 2. The maximum absolute atomic E-state index is 14.5. The Hall–Kier alpha value is -4.04. The third-order valence-electron chi connectivity index (χ3n) is 9.74. The molecule has 2 saturated heterocycles. The molecule has 1 N–H and O–H groups in total. The molecule has 2 aliphatic rings. The summed E-state index contributed by atoms with van der Waals surface area (Å²) in [6.45, 7) is 8.92. The second-order valence-electron chi connectivity index (χ2n) is 14.4. The molecule has 0 radical (unpaired) electrons. The number of rotatable bonds is 8. The van der Waals surface area contributed by atoms with Gasteiger partial charge in [0.05, 0.1) is 27.2 Å². The van der Waals surface area contributed by atoms with Crippen LogP contribution in [0.2, 0.25) is 5.02 Å². The van der Waals surface area contributed by atoms with Gasteiger partial charge in [-0.05, 0) is 95.1 Å². The molecule has 268 valence electrons. The smallest absolute Gasteiger partial charge is 0.337 e. The van der Waals surface area contributed by atoms with E-state index in [1.807, 2.05) is 50.8 Å². The lowest BCUT2D eigenvalue weighted by molar-refractivity contribution is -0.160. The SMILES string of the molecule is CC(=O)N1CC(N2CCC(c3c4nc(-c5nc6cc(C)c([C@H](OC(C)(C)C)C(=O)O)c(-c7ccc(Cl)cc7)c6s5)ccc4nn3C(F)F)CC2)C1. The predicted octanol–water partition coefficient (Wildman–Crippen LogP) is 8.08. The fourth-order valence-corrected chi connectivity index (χ4v) is 8.50. The first-order valence-corrected chi connectivity index (χ1v) is 18.2. The highest BCUT2D eigenvalue weighted by Gasteiger charge is 2.37. The average Bonchev–Trinajstić information content (AvgIpc) is 3.64. The second kappa shape index (κ2) is 13.5. The van der Waals surface area contributed by atoms with Crippen LogP contribution in [-0.4, -0.2) is 84.4 Å². The standard InChI is InChI=1S/C37H39ClF2N6O4S/c1-19-16-27-33(29(21-6-8-23(38)9-7-21)28(19)32(35(48)49)50-37(3,4)5)51-34(42-27)26-11-10-25-30(41-26)31(46(43-25)36(39)40)22-12-14-44(15-13-22)24-17-45(18-24)20(2)47/h6-11,16,22,24,32,36H,12-15,17-18H2,1-5H3,(H,48,49)/t32-/m0/s1. The minimum absolute atomic E-state index is 0.0687. The van der Waals surface area contributed by atoms with Gasteiger partial charge in [-0.15, -0.1) is 11.3 Å². The molecule has 5 heterocycles. The van der Waals surface area contributed by atoms with Crippen LogP contribution in [0.5, 0.6) is 0 Å². The van der Waals surface area contributed by atoms with Crippen LogP contribution in [0.1, 0.15) is 75.9 Å². The number of aromatic nitrogens is 4. The van der Waals surface area contributed by atoms with Crippen molar-refractivity contribution >= 4 is 56.1 Å². The lowest BCUT2D eigenvalue weighted by atomic mass is 9.90. The number of aryl methyl sites for hydroxylation is 1. The average molecular weight is 737 g/mol. The predicted molar refractivity (Wildman–Crippen MR) is 193 cm³/mol. The van der Waals surface area contributed by atoms with Gasteiger partial charge in [-0.2, -0.15) is 13.9 Å². The molecular formula is C37H39ClF2N6O4S. The number of hydrogen-bond acceptors (Lipinski definition) is 8. The summed E-state index contributed by atoms with van der Waals surface area (Å²) in [5, 5.41) is 15.8. The van der Waals surface area contributed by atoms with Crippen molar-refractivity contribution in [3.63, 3.8) is 0 Å². The van der Waals surface area contributed by atoms with Gasteiger partial charge in [0.2, 0.25) is 5.91 Å². The summed E-state index contributed by atoms with van der Waals surface area (Å²) < 4.78 is 36.6. The monoisotopic (exact) mass is 736 g/mol. The molecule has 0 saturated carbocycles. The van der Waals surface area contributed by atoms with Crippen LogP contribution in [0.3, 0.4) is 0 Å². The Bertz CT molecular complexity index is 2130. The quantitative estimate of drug-likeness (QED) is 0.170. The van der Waals surface area contributed by atoms with Crippen molar-refractivity contribution in [1.82, 2.24) is 29.5 Å². The number of fused-ring (bicyclic) bond motifs is 2. The second-order valence-corrected chi connectivity index (χ2v) is 15.8. The number of halogens is 3. The van der Waals surface area contributed by atoms with Crippen LogP contribution in [0, 0.1) is 6.92 Å². The molecule has 0 spiro atoms. The van der Waals surface area contributed by atoms with Crippen molar-refractivity contribution in [2.24, 2.45) is 0 Å². The summed E-state index contributed by atoms with van der Waals surface area (Å²) in [6, 6.07) is 12.8. The van der Waals surface area contributed by atoms with Crippen molar-refractivity contribution < 1.29 is 28.2 Å². The maximum atomic E-state index is 14.5. The zero-order chi connectivity index (χ0) is 36.4. The van der Waals surface area contributed by atoms with Gasteiger partial charge in [0.15, 0.2) is 6.10 Å². The zero-order valence-corrected chi connectivity index (χ0v) is 30.6. The van der Waals surface area contributed by atoms with Crippen LogP contribution < -0.4 is 0 Å². The van der Waals surface area contributed by atoms with Crippen LogP contribution in [0.15, 0.2) is 42.5 Å². The fourth-order valence-electron chi connectivity index (χ4n) is 7.28. The molecular weight excluding hydrogens is 698 g/mol. The summed E-state index contributed by atoms with van der Waals surface area (Å²) in [5.41, 5.74) is 4.31. The van der Waals surface area contributed by atoms with E-state index in [1.54, 1.807) is 31.2 Å².